The number of amides is 2. The van der Waals surface area contributed by atoms with Gasteiger partial charge in [0.05, 0.1) is 18.8 Å². The fraction of sp³-hybridized carbons (Fsp3) is 0.455. The third-order valence-electron chi connectivity index (χ3n) is 4.89. The van der Waals surface area contributed by atoms with Crippen molar-refractivity contribution >= 4 is 19.7 Å². The second-order valence-electron chi connectivity index (χ2n) is 8.14. The summed E-state index contributed by atoms with van der Waals surface area (Å²) >= 11 is 0. The van der Waals surface area contributed by atoms with Crippen LogP contribution in [-0.4, -0.2) is 59.2 Å². The van der Waals surface area contributed by atoms with Gasteiger partial charge in [0.2, 0.25) is 0 Å². The monoisotopic (exact) mass is 495 g/mol. The predicted molar refractivity (Wildman–Crippen MR) is 122 cm³/mol. The van der Waals surface area contributed by atoms with Crippen molar-refractivity contribution in [1.82, 2.24) is 15.3 Å². The molecule has 186 valence electrons. The molecule has 0 aliphatic carbocycles. The van der Waals surface area contributed by atoms with E-state index < -0.39 is 44.2 Å². The van der Waals surface area contributed by atoms with Crippen molar-refractivity contribution < 1.29 is 37.8 Å². The van der Waals surface area contributed by atoms with Gasteiger partial charge in [-0.15, -0.1) is 0 Å². The number of carbonyl (C=O) groups excluding carboxylic acids is 2. The summed E-state index contributed by atoms with van der Waals surface area (Å²) in [5.74, 6) is -0.374. The van der Waals surface area contributed by atoms with Crippen molar-refractivity contribution in [2.24, 2.45) is 0 Å². The molecule has 2 aliphatic heterocycles. The number of allylic oxidation sites excluding steroid dienone is 1. The summed E-state index contributed by atoms with van der Waals surface area (Å²) in [6.07, 6.45) is 0.222. The lowest BCUT2D eigenvalue weighted by Crippen LogP contribution is -2.44. The predicted octanol–water partition coefficient (Wildman–Crippen LogP) is 2.65. The maximum absolute atomic E-state index is 13.5. The zero-order valence-corrected chi connectivity index (χ0v) is 20.1. The van der Waals surface area contributed by atoms with Gasteiger partial charge in [0.25, 0.3) is 0 Å². The average molecular weight is 495 g/mol. The Kier molecular flexibility index (Phi) is 8.51. The maximum atomic E-state index is 13.5. The van der Waals surface area contributed by atoms with E-state index in [4.69, 9.17) is 18.5 Å². The molecule has 0 radical (unpaired) electrons. The highest BCUT2D eigenvalue weighted by atomic mass is 31.2. The molecule has 1 fully saturated rings. The fourth-order valence-corrected chi connectivity index (χ4v) is 4.75. The number of esters is 1. The standard InChI is InChI=1S/C22H30N3O8P/c1-14(2)31-21(27)16(4)24-34(29,33-17-8-6-5-7-9-17)30-13-19-18(26)12-20(32-19)25-11-10-15(3)23-22(25)28/h5-11,14,16,18-20,26H,3,12-13H2,1-2,4H3,(H,23,28)(H,24,29)/t16-,18?,19?,20?,34?/m0/s1. The van der Waals surface area contributed by atoms with Crippen molar-refractivity contribution in [2.45, 2.75) is 57.8 Å². The van der Waals surface area contributed by atoms with Gasteiger partial charge in [-0.25, -0.2) is 9.36 Å². The van der Waals surface area contributed by atoms with Crippen LogP contribution < -0.4 is 14.9 Å². The first kappa shape index (κ1) is 25.9. The Hall–Kier alpha value is -2.69. The van der Waals surface area contributed by atoms with E-state index in [9.17, 15) is 19.3 Å². The Morgan fingerprint density at radius 3 is 2.71 bits per heavy atom. The molecule has 2 heterocycles. The number of ether oxygens (including phenoxy) is 2. The molecule has 2 aliphatic rings. The molecule has 1 saturated heterocycles. The van der Waals surface area contributed by atoms with Crippen LogP contribution in [0.5, 0.6) is 5.75 Å². The second-order valence-corrected chi connectivity index (χ2v) is 9.84. The van der Waals surface area contributed by atoms with Crippen molar-refractivity contribution in [2.75, 3.05) is 6.61 Å². The fourth-order valence-electron chi connectivity index (χ4n) is 3.25. The van der Waals surface area contributed by atoms with E-state index >= 15 is 0 Å². The second kappa shape index (κ2) is 11.2. The SMILES string of the molecule is C=C1C=CN(C2CC(O)C(COP(=O)(N[C@@H](C)C(=O)OC(C)C)Oc3ccccc3)O2)C(=O)N1. The van der Waals surface area contributed by atoms with Crippen molar-refractivity contribution in [3.63, 3.8) is 0 Å². The van der Waals surface area contributed by atoms with Gasteiger partial charge in [-0.1, -0.05) is 24.8 Å². The van der Waals surface area contributed by atoms with Crippen LogP contribution >= 0.6 is 7.75 Å². The van der Waals surface area contributed by atoms with Crippen LogP contribution in [0.1, 0.15) is 27.2 Å². The number of carbonyl (C=O) groups is 2. The number of para-hydroxylation sites is 1. The summed E-state index contributed by atoms with van der Waals surface area (Å²) in [7, 11) is -4.11. The van der Waals surface area contributed by atoms with Gasteiger partial charge in [-0.05, 0) is 39.0 Å². The van der Waals surface area contributed by atoms with Gasteiger partial charge in [-0.2, -0.15) is 5.09 Å². The highest BCUT2D eigenvalue weighted by Gasteiger charge is 2.41. The molecule has 34 heavy (non-hydrogen) atoms. The van der Waals surface area contributed by atoms with Crippen molar-refractivity contribution in [3.8, 4) is 5.75 Å². The van der Waals surface area contributed by atoms with E-state index in [0.29, 0.717) is 5.70 Å². The summed E-state index contributed by atoms with van der Waals surface area (Å²) < 4.78 is 35.6. The van der Waals surface area contributed by atoms with E-state index in [-0.39, 0.29) is 24.9 Å². The molecule has 4 unspecified atom stereocenters. The van der Waals surface area contributed by atoms with Gasteiger partial charge >= 0.3 is 19.7 Å². The summed E-state index contributed by atoms with van der Waals surface area (Å²) in [5, 5.41) is 15.6. The molecule has 0 bridgehead atoms. The zero-order valence-electron chi connectivity index (χ0n) is 19.2. The Bertz CT molecular complexity index is 970. The Morgan fingerprint density at radius 2 is 2.06 bits per heavy atom. The molecule has 1 aromatic carbocycles. The van der Waals surface area contributed by atoms with Crippen LogP contribution in [-0.2, 0) is 23.4 Å². The van der Waals surface area contributed by atoms with Gasteiger partial charge in [0, 0.05) is 18.3 Å². The van der Waals surface area contributed by atoms with Crippen LogP contribution in [0.4, 0.5) is 4.79 Å². The van der Waals surface area contributed by atoms with Gasteiger partial charge in [0.15, 0.2) is 0 Å². The Balaban J connectivity index is 1.68. The van der Waals surface area contributed by atoms with E-state index in [1.807, 2.05) is 0 Å². The molecule has 5 atom stereocenters. The minimum Gasteiger partial charge on any atom is -0.462 e. The smallest absolute Gasteiger partial charge is 0.459 e. The van der Waals surface area contributed by atoms with E-state index in [0.717, 1.165) is 0 Å². The average Bonchev–Trinajstić information content (AvgIpc) is 3.12. The lowest BCUT2D eigenvalue weighted by molar-refractivity contribution is -0.149. The summed E-state index contributed by atoms with van der Waals surface area (Å²) in [6, 6.07) is 6.87. The molecule has 12 heteroatoms. The summed E-state index contributed by atoms with van der Waals surface area (Å²) in [6.45, 7) is 8.20. The molecular weight excluding hydrogens is 465 g/mol. The molecule has 3 rings (SSSR count). The largest absolute Gasteiger partial charge is 0.462 e. The molecular formula is C22H30N3O8P. The van der Waals surface area contributed by atoms with Gasteiger partial charge in [-0.3, -0.25) is 14.2 Å². The first-order valence-corrected chi connectivity index (χ1v) is 12.4. The molecule has 11 nitrogen and oxygen atoms in total. The van der Waals surface area contributed by atoms with Crippen LogP contribution in [0.25, 0.3) is 0 Å². The number of hydrogen-bond donors (Lipinski definition) is 3. The maximum Gasteiger partial charge on any atom is 0.459 e. The lowest BCUT2D eigenvalue weighted by atomic mass is 10.2. The number of benzene rings is 1. The molecule has 0 spiro atoms. The number of hydrogen-bond acceptors (Lipinski definition) is 8. The molecule has 1 aromatic rings. The van der Waals surface area contributed by atoms with Crippen molar-refractivity contribution in [3.05, 3.63) is 54.9 Å². The highest BCUT2D eigenvalue weighted by Crippen LogP contribution is 2.45. The number of urea groups is 1. The van der Waals surface area contributed by atoms with Gasteiger partial charge in [0.1, 0.15) is 24.1 Å². The minimum absolute atomic E-state index is 0.118. The number of nitrogens with one attached hydrogen (secondary N) is 2. The van der Waals surface area contributed by atoms with Crippen LogP contribution in [0.15, 0.2) is 54.9 Å². The topological polar surface area (TPSA) is 136 Å². The zero-order chi connectivity index (χ0) is 24.9. The number of nitrogens with zero attached hydrogens (tertiary/aromatic N) is 1. The molecule has 2 amide bonds. The quantitative estimate of drug-likeness (QED) is 0.331. The van der Waals surface area contributed by atoms with Crippen LogP contribution in [0.2, 0.25) is 0 Å². The number of aliphatic hydroxyl groups is 1. The lowest BCUT2D eigenvalue weighted by Gasteiger charge is -2.28. The normalized spacial score (nSPS) is 25.1. The Morgan fingerprint density at radius 1 is 1.35 bits per heavy atom. The van der Waals surface area contributed by atoms with Gasteiger partial charge < -0.3 is 24.4 Å². The first-order chi connectivity index (χ1) is 16.1. The Labute approximate surface area is 198 Å². The van der Waals surface area contributed by atoms with E-state index in [2.05, 4.69) is 17.0 Å². The summed E-state index contributed by atoms with van der Waals surface area (Å²) in [4.78, 5) is 25.7. The number of rotatable bonds is 10. The third-order valence-corrected chi connectivity index (χ3v) is 6.53. The first-order valence-electron chi connectivity index (χ1n) is 10.8. The van der Waals surface area contributed by atoms with Crippen LogP contribution in [0.3, 0.4) is 0 Å². The van der Waals surface area contributed by atoms with E-state index in [1.54, 1.807) is 50.3 Å². The molecule has 3 N–H and O–H groups in total. The third kappa shape index (κ3) is 6.91. The van der Waals surface area contributed by atoms with Crippen molar-refractivity contribution in [1.29, 1.82) is 0 Å². The number of aliphatic hydroxyl groups excluding tert-OH is 1. The highest BCUT2D eigenvalue weighted by molar-refractivity contribution is 7.52. The molecule has 0 aromatic heterocycles. The molecule has 0 saturated carbocycles. The van der Waals surface area contributed by atoms with Crippen LogP contribution in [0, 0.1) is 0 Å². The minimum atomic E-state index is -4.11. The summed E-state index contributed by atoms with van der Waals surface area (Å²) in [5.41, 5.74) is 0.440. The van der Waals surface area contributed by atoms with E-state index in [1.165, 1.54) is 18.0 Å².